The highest BCUT2D eigenvalue weighted by Gasteiger charge is 2.40. The molecule has 6 heteroatoms. The molecule has 3 rings (SSSR count). The lowest BCUT2D eigenvalue weighted by molar-refractivity contribution is 0.195. The fourth-order valence-electron chi connectivity index (χ4n) is 2.64. The molecule has 0 spiro atoms. The molecule has 2 heterocycles. The maximum atomic E-state index is 15.2. The number of hydrogen-bond acceptors (Lipinski definition) is 5. The zero-order chi connectivity index (χ0) is 14.9. The van der Waals surface area contributed by atoms with Crippen molar-refractivity contribution in [3.8, 4) is 5.75 Å². The average Bonchev–Trinajstić information content (AvgIpc) is 2.91. The molecule has 0 amide bonds. The van der Waals surface area contributed by atoms with Crippen LogP contribution in [0.25, 0.3) is 0 Å². The minimum Gasteiger partial charge on any atom is -0.497 e. The molecule has 5 nitrogen and oxygen atoms in total. The number of nitrogens with two attached hydrogens (primary N) is 1. The Hall–Kier alpha value is -2.37. The first-order valence-corrected chi connectivity index (χ1v) is 6.77. The normalized spacial score (nSPS) is 21.5. The second kappa shape index (κ2) is 5.20. The molecule has 2 N–H and O–H groups in total. The monoisotopic (exact) mass is 288 g/mol. The van der Waals surface area contributed by atoms with E-state index in [1.165, 1.54) is 6.33 Å². The molecule has 1 unspecified atom stereocenters. The van der Waals surface area contributed by atoms with Crippen LogP contribution < -0.4 is 15.4 Å². The summed E-state index contributed by atoms with van der Waals surface area (Å²) in [6.07, 6.45) is 1.80. The Balaban J connectivity index is 1.84. The lowest BCUT2D eigenvalue weighted by atomic mass is 9.95. The fourth-order valence-corrected chi connectivity index (χ4v) is 2.64. The first-order chi connectivity index (χ1) is 10.1. The standard InChI is InChI=1S/C15H17FN4O/c1-21-12-4-2-3-11(7-12)15(16)5-6-20(9-15)14-8-13(17)18-10-19-14/h2-4,7-8,10H,5-6,9H2,1H3,(H2,17,18,19). The Bertz CT molecular complexity index is 651. The Morgan fingerprint density at radius 2 is 2.19 bits per heavy atom. The molecule has 1 aromatic carbocycles. The zero-order valence-corrected chi connectivity index (χ0v) is 11.8. The third-order valence-corrected chi connectivity index (χ3v) is 3.80. The summed E-state index contributed by atoms with van der Waals surface area (Å²) in [5.74, 6) is 1.71. The van der Waals surface area contributed by atoms with Crippen LogP contribution in [0.1, 0.15) is 12.0 Å². The number of rotatable bonds is 3. The molecule has 110 valence electrons. The number of benzene rings is 1. The van der Waals surface area contributed by atoms with Crippen molar-refractivity contribution in [2.75, 3.05) is 30.8 Å². The van der Waals surface area contributed by atoms with Crippen LogP contribution in [0.15, 0.2) is 36.7 Å². The molecule has 1 aliphatic heterocycles. The highest BCUT2D eigenvalue weighted by molar-refractivity contribution is 5.48. The molecular formula is C15H17FN4O. The summed E-state index contributed by atoms with van der Waals surface area (Å²) in [6.45, 7) is 0.834. The predicted octanol–water partition coefficient (Wildman–Crippen LogP) is 2.14. The van der Waals surface area contributed by atoms with Gasteiger partial charge in [-0.15, -0.1) is 0 Å². The SMILES string of the molecule is COc1cccc(C2(F)CCN(c3cc(N)ncn3)C2)c1. The van der Waals surface area contributed by atoms with Crippen LogP contribution in [-0.4, -0.2) is 30.2 Å². The van der Waals surface area contributed by atoms with Gasteiger partial charge in [0.1, 0.15) is 23.7 Å². The number of methoxy groups -OCH3 is 1. The first-order valence-electron chi connectivity index (χ1n) is 6.77. The van der Waals surface area contributed by atoms with Gasteiger partial charge in [-0.05, 0) is 17.7 Å². The Kier molecular flexibility index (Phi) is 3.37. The van der Waals surface area contributed by atoms with Crippen molar-refractivity contribution in [1.82, 2.24) is 9.97 Å². The summed E-state index contributed by atoms with van der Waals surface area (Å²) in [7, 11) is 1.58. The largest absolute Gasteiger partial charge is 0.497 e. The molecular weight excluding hydrogens is 271 g/mol. The van der Waals surface area contributed by atoms with Gasteiger partial charge in [-0.1, -0.05) is 12.1 Å². The van der Waals surface area contributed by atoms with E-state index >= 15 is 4.39 Å². The van der Waals surface area contributed by atoms with Crippen molar-refractivity contribution < 1.29 is 9.13 Å². The second-order valence-corrected chi connectivity index (χ2v) is 5.17. The lowest BCUT2D eigenvalue weighted by Gasteiger charge is -2.22. The van der Waals surface area contributed by atoms with Gasteiger partial charge in [-0.3, -0.25) is 0 Å². The van der Waals surface area contributed by atoms with E-state index in [0.29, 0.717) is 35.9 Å². The van der Waals surface area contributed by atoms with Gasteiger partial charge in [0.15, 0.2) is 5.67 Å². The van der Waals surface area contributed by atoms with Gasteiger partial charge in [0.2, 0.25) is 0 Å². The van der Waals surface area contributed by atoms with Gasteiger partial charge in [-0.25, -0.2) is 14.4 Å². The molecule has 0 saturated carbocycles. The van der Waals surface area contributed by atoms with Crippen molar-refractivity contribution in [3.05, 3.63) is 42.2 Å². The Morgan fingerprint density at radius 3 is 2.95 bits per heavy atom. The van der Waals surface area contributed by atoms with E-state index in [1.54, 1.807) is 31.4 Å². The van der Waals surface area contributed by atoms with Gasteiger partial charge < -0.3 is 15.4 Å². The highest BCUT2D eigenvalue weighted by atomic mass is 19.1. The first kappa shape index (κ1) is 13.6. The minimum absolute atomic E-state index is 0.247. The average molecular weight is 288 g/mol. The molecule has 1 aromatic heterocycles. The van der Waals surface area contributed by atoms with E-state index in [0.717, 1.165) is 0 Å². The van der Waals surface area contributed by atoms with Crippen LogP contribution in [0.2, 0.25) is 0 Å². The van der Waals surface area contributed by atoms with Crippen molar-refractivity contribution in [3.63, 3.8) is 0 Å². The number of alkyl halides is 1. The van der Waals surface area contributed by atoms with Crippen molar-refractivity contribution in [2.45, 2.75) is 12.1 Å². The molecule has 0 radical (unpaired) electrons. The van der Waals surface area contributed by atoms with Crippen LogP contribution in [0.4, 0.5) is 16.0 Å². The van der Waals surface area contributed by atoms with Crippen LogP contribution in [0, 0.1) is 0 Å². The highest BCUT2D eigenvalue weighted by Crippen LogP contribution is 2.38. The molecule has 1 fully saturated rings. The maximum Gasteiger partial charge on any atom is 0.155 e. The van der Waals surface area contributed by atoms with Crippen molar-refractivity contribution in [2.24, 2.45) is 0 Å². The fraction of sp³-hybridized carbons (Fsp3) is 0.333. The number of hydrogen-bond donors (Lipinski definition) is 1. The molecule has 1 saturated heterocycles. The van der Waals surface area contributed by atoms with E-state index in [2.05, 4.69) is 9.97 Å². The van der Waals surface area contributed by atoms with Gasteiger partial charge in [0.25, 0.3) is 0 Å². The third kappa shape index (κ3) is 2.61. The minimum atomic E-state index is -1.41. The molecule has 21 heavy (non-hydrogen) atoms. The number of nitrogens with zero attached hydrogens (tertiary/aromatic N) is 3. The van der Waals surface area contributed by atoms with Crippen molar-refractivity contribution in [1.29, 1.82) is 0 Å². The van der Waals surface area contributed by atoms with Crippen LogP contribution in [0.5, 0.6) is 5.75 Å². The number of aromatic nitrogens is 2. The third-order valence-electron chi connectivity index (χ3n) is 3.80. The van der Waals surface area contributed by atoms with Gasteiger partial charge >= 0.3 is 0 Å². The molecule has 0 bridgehead atoms. The molecule has 1 aliphatic rings. The second-order valence-electron chi connectivity index (χ2n) is 5.17. The van der Waals surface area contributed by atoms with Gasteiger partial charge in [0, 0.05) is 19.0 Å². The summed E-state index contributed by atoms with van der Waals surface area (Å²) >= 11 is 0. The topological polar surface area (TPSA) is 64.3 Å². The van der Waals surface area contributed by atoms with E-state index in [1.807, 2.05) is 11.0 Å². The summed E-state index contributed by atoms with van der Waals surface area (Å²) in [4.78, 5) is 9.90. The summed E-state index contributed by atoms with van der Waals surface area (Å²) in [5.41, 5.74) is 4.88. The van der Waals surface area contributed by atoms with E-state index in [9.17, 15) is 0 Å². The quantitative estimate of drug-likeness (QED) is 0.937. The summed E-state index contributed by atoms with van der Waals surface area (Å²) in [5, 5.41) is 0. The number of anilines is 2. The summed E-state index contributed by atoms with van der Waals surface area (Å²) in [6, 6.07) is 8.82. The molecule has 0 aliphatic carbocycles. The number of halogens is 1. The van der Waals surface area contributed by atoms with E-state index < -0.39 is 5.67 Å². The van der Waals surface area contributed by atoms with Crippen molar-refractivity contribution >= 4 is 11.6 Å². The number of nitrogen functional groups attached to an aromatic ring is 1. The molecule has 1 atom stereocenters. The van der Waals surface area contributed by atoms with E-state index in [4.69, 9.17) is 10.5 Å². The van der Waals surface area contributed by atoms with Crippen LogP contribution in [0.3, 0.4) is 0 Å². The van der Waals surface area contributed by atoms with Gasteiger partial charge in [-0.2, -0.15) is 0 Å². The Labute approximate surface area is 122 Å². The Morgan fingerprint density at radius 1 is 1.33 bits per heavy atom. The van der Waals surface area contributed by atoms with Crippen LogP contribution >= 0.6 is 0 Å². The zero-order valence-electron chi connectivity index (χ0n) is 11.8. The lowest BCUT2D eigenvalue weighted by Crippen LogP contribution is -2.27. The van der Waals surface area contributed by atoms with Crippen LogP contribution in [-0.2, 0) is 5.67 Å². The predicted molar refractivity (Wildman–Crippen MR) is 79.1 cm³/mol. The summed E-state index contributed by atoms with van der Waals surface area (Å²) < 4.78 is 20.4. The van der Waals surface area contributed by atoms with E-state index in [-0.39, 0.29) is 6.54 Å². The molecule has 2 aromatic rings. The maximum absolute atomic E-state index is 15.2. The number of ether oxygens (including phenoxy) is 1. The smallest absolute Gasteiger partial charge is 0.155 e. The van der Waals surface area contributed by atoms with Gasteiger partial charge in [0.05, 0.1) is 13.7 Å².